The average Bonchev–Trinajstić information content (AvgIpc) is 2.76. The summed E-state index contributed by atoms with van der Waals surface area (Å²) in [7, 11) is -4.07. The lowest BCUT2D eigenvalue weighted by molar-refractivity contribution is -0.385. The number of piperazine rings is 1. The van der Waals surface area contributed by atoms with Crippen LogP contribution in [0.2, 0.25) is 0 Å². The average molecular weight is 479 g/mol. The topological polar surface area (TPSA) is 173 Å². The van der Waals surface area contributed by atoms with E-state index < -0.39 is 56.9 Å². The van der Waals surface area contributed by atoms with E-state index >= 15 is 0 Å². The summed E-state index contributed by atoms with van der Waals surface area (Å²) in [4.78, 5) is 62.0. The second kappa shape index (κ2) is 9.36. The predicted octanol–water partition coefficient (Wildman–Crippen LogP) is -1.00. The van der Waals surface area contributed by atoms with E-state index in [2.05, 4.69) is 4.98 Å². The minimum atomic E-state index is -4.07. The summed E-state index contributed by atoms with van der Waals surface area (Å²) in [5.74, 6) is -1.92. The van der Waals surface area contributed by atoms with Crippen molar-refractivity contribution in [2.45, 2.75) is 19.9 Å². The number of nitrogens with one attached hydrogen (secondary N) is 1. The second-order valence-electron chi connectivity index (χ2n) is 7.43. The van der Waals surface area contributed by atoms with Gasteiger partial charge in [0, 0.05) is 29.9 Å². The third kappa shape index (κ3) is 5.34. The third-order valence-electron chi connectivity index (χ3n) is 5.18. The van der Waals surface area contributed by atoms with Crippen molar-refractivity contribution < 1.29 is 22.9 Å². The van der Waals surface area contributed by atoms with Gasteiger partial charge in [-0.05, 0) is 13.3 Å². The van der Waals surface area contributed by atoms with Gasteiger partial charge in [0.25, 0.3) is 17.2 Å². The molecule has 1 N–H and O–H groups in total. The lowest BCUT2D eigenvalue weighted by atomic mass is 10.1. The number of amides is 2. The number of carbonyl (C=O) groups excluding carboxylic acids is 2. The van der Waals surface area contributed by atoms with Crippen LogP contribution in [0.15, 0.2) is 40.1 Å². The maximum atomic E-state index is 12.7. The smallest absolute Gasteiger partial charge is 0.328 e. The van der Waals surface area contributed by atoms with Crippen LogP contribution >= 0.6 is 0 Å². The van der Waals surface area contributed by atoms with Gasteiger partial charge < -0.3 is 4.90 Å². The molecular formula is C19H21N5O8S. The Morgan fingerprint density at radius 2 is 1.88 bits per heavy atom. The van der Waals surface area contributed by atoms with Gasteiger partial charge in [0.15, 0.2) is 0 Å². The quantitative estimate of drug-likeness (QED) is 0.389. The van der Waals surface area contributed by atoms with E-state index in [0.717, 1.165) is 9.47 Å². The first-order valence-electron chi connectivity index (χ1n) is 9.83. The number of aromatic amines is 1. The molecule has 2 aromatic rings. The van der Waals surface area contributed by atoms with E-state index in [1.54, 1.807) is 6.07 Å². The van der Waals surface area contributed by atoms with Gasteiger partial charge in [-0.1, -0.05) is 18.2 Å². The molecule has 1 aromatic carbocycles. The van der Waals surface area contributed by atoms with Crippen molar-refractivity contribution >= 4 is 27.5 Å². The van der Waals surface area contributed by atoms with E-state index in [1.165, 1.54) is 31.3 Å². The zero-order valence-corrected chi connectivity index (χ0v) is 18.4. The second-order valence-corrected chi connectivity index (χ2v) is 9.45. The fraction of sp³-hybridized carbons (Fsp3) is 0.368. The molecule has 33 heavy (non-hydrogen) atoms. The SMILES string of the molecule is Cc1cn(CC(=O)N2CCN(S(=O)(=O)CCc3ccccc3[N+](=O)[O-])C(=O)C2)c(=O)[nH]c1=O. The number of sulfonamides is 1. The van der Waals surface area contributed by atoms with E-state index in [9.17, 15) is 37.7 Å². The minimum absolute atomic E-state index is 0.0770. The Balaban J connectivity index is 1.65. The molecule has 0 spiro atoms. The van der Waals surface area contributed by atoms with Gasteiger partial charge in [0.2, 0.25) is 15.9 Å². The summed E-state index contributed by atoms with van der Waals surface area (Å²) in [6, 6.07) is 5.75. The van der Waals surface area contributed by atoms with Gasteiger partial charge >= 0.3 is 5.69 Å². The molecule has 176 valence electrons. The zero-order valence-electron chi connectivity index (χ0n) is 17.6. The molecule has 0 unspecified atom stereocenters. The molecule has 2 amide bonds. The largest absolute Gasteiger partial charge is 0.330 e. The lowest BCUT2D eigenvalue weighted by Gasteiger charge is -2.33. The fourth-order valence-corrected chi connectivity index (χ4v) is 4.82. The van der Waals surface area contributed by atoms with Crippen LogP contribution in [0.3, 0.4) is 0 Å². The number of benzene rings is 1. The molecule has 0 bridgehead atoms. The Hall–Kier alpha value is -3.81. The highest BCUT2D eigenvalue weighted by Crippen LogP contribution is 2.20. The number of para-hydroxylation sites is 1. The van der Waals surface area contributed by atoms with Crippen molar-refractivity contribution in [3.05, 3.63) is 72.5 Å². The number of H-pyrrole nitrogens is 1. The molecule has 1 saturated heterocycles. The number of carbonyl (C=O) groups is 2. The monoisotopic (exact) mass is 479 g/mol. The first-order valence-corrected chi connectivity index (χ1v) is 11.4. The van der Waals surface area contributed by atoms with E-state index in [0.29, 0.717) is 4.31 Å². The number of nitrogens with zero attached hydrogens (tertiary/aromatic N) is 4. The van der Waals surface area contributed by atoms with Crippen LogP contribution in [0, 0.1) is 17.0 Å². The first kappa shape index (κ1) is 23.8. The van der Waals surface area contributed by atoms with E-state index in [-0.39, 0.29) is 36.3 Å². The Labute approximate surface area is 187 Å². The highest BCUT2D eigenvalue weighted by Gasteiger charge is 2.34. The van der Waals surface area contributed by atoms with Crippen molar-refractivity contribution in [3.8, 4) is 0 Å². The van der Waals surface area contributed by atoms with Crippen molar-refractivity contribution in [1.82, 2.24) is 18.8 Å². The highest BCUT2D eigenvalue weighted by molar-refractivity contribution is 7.89. The molecule has 0 atom stereocenters. The molecule has 1 aliphatic rings. The predicted molar refractivity (Wildman–Crippen MR) is 115 cm³/mol. The number of nitro groups is 1. The Morgan fingerprint density at radius 3 is 2.55 bits per heavy atom. The van der Waals surface area contributed by atoms with Crippen LogP contribution in [-0.4, -0.2) is 69.3 Å². The number of hydrogen-bond acceptors (Lipinski definition) is 8. The van der Waals surface area contributed by atoms with Crippen molar-refractivity contribution in [1.29, 1.82) is 0 Å². The molecule has 13 nitrogen and oxygen atoms in total. The van der Waals surface area contributed by atoms with Gasteiger partial charge in [-0.15, -0.1) is 0 Å². The molecule has 1 fully saturated rings. The summed E-state index contributed by atoms with van der Waals surface area (Å²) in [5, 5.41) is 11.1. The summed E-state index contributed by atoms with van der Waals surface area (Å²) < 4.78 is 27.0. The standard InChI is InChI=1S/C19H21N5O8S/c1-13-10-22(19(28)20-18(13)27)11-16(25)21-7-8-23(17(26)12-21)33(31,32)9-6-14-4-2-3-5-15(14)24(29)30/h2-5,10H,6-9,11-12H2,1H3,(H,20,27,28). The molecule has 14 heteroatoms. The summed E-state index contributed by atoms with van der Waals surface area (Å²) >= 11 is 0. The summed E-state index contributed by atoms with van der Waals surface area (Å²) in [5.41, 5.74) is -1.09. The number of aryl methyl sites for hydroxylation is 2. The van der Waals surface area contributed by atoms with Gasteiger partial charge in [0.05, 0.1) is 17.2 Å². The molecule has 3 rings (SSSR count). The fourth-order valence-electron chi connectivity index (χ4n) is 3.40. The molecule has 1 aromatic heterocycles. The van der Waals surface area contributed by atoms with Crippen molar-refractivity contribution in [2.75, 3.05) is 25.4 Å². The van der Waals surface area contributed by atoms with Crippen LogP contribution in [0.5, 0.6) is 0 Å². The molecule has 0 saturated carbocycles. The Morgan fingerprint density at radius 1 is 1.18 bits per heavy atom. The molecule has 2 heterocycles. The van der Waals surface area contributed by atoms with Crippen LogP contribution in [0.1, 0.15) is 11.1 Å². The van der Waals surface area contributed by atoms with Crippen LogP contribution in [0.4, 0.5) is 5.69 Å². The molecular weight excluding hydrogens is 458 g/mol. The van der Waals surface area contributed by atoms with E-state index in [1.807, 2.05) is 0 Å². The number of hydrogen-bond donors (Lipinski definition) is 1. The van der Waals surface area contributed by atoms with Crippen LogP contribution in [0.25, 0.3) is 0 Å². The van der Waals surface area contributed by atoms with Crippen molar-refractivity contribution in [3.63, 3.8) is 0 Å². The van der Waals surface area contributed by atoms with E-state index in [4.69, 9.17) is 0 Å². The summed E-state index contributed by atoms with van der Waals surface area (Å²) in [6.45, 7) is 0.195. The normalized spacial score (nSPS) is 14.4. The van der Waals surface area contributed by atoms with Crippen molar-refractivity contribution in [2.24, 2.45) is 0 Å². The highest BCUT2D eigenvalue weighted by atomic mass is 32.2. The van der Waals surface area contributed by atoms with Gasteiger partial charge in [-0.3, -0.25) is 34.0 Å². The van der Waals surface area contributed by atoms with Crippen LogP contribution in [-0.2, 0) is 32.6 Å². The zero-order chi connectivity index (χ0) is 24.3. The number of rotatable bonds is 7. The van der Waals surface area contributed by atoms with Gasteiger partial charge in [0.1, 0.15) is 13.1 Å². The van der Waals surface area contributed by atoms with Crippen LogP contribution < -0.4 is 11.2 Å². The van der Waals surface area contributed by atoms with Gasteiger partial charge in [-0.2, -0.15) is 0 Å². The number of nitro benzene ring substituents is 1. The Bertz CT molecular complexity index is 1330. The summed E-state index contributed by atoms with van der Waals surface area (Å²) in [6.07, 6.45) is 1.07. The lowest BCUT2D eigenvalue weighted by Crippen LogP contribution is -2.55. The first-order chi connectivity index (χ1) is 15.5. The maximum absolute atomic E-state index is 12.7. The minimum Gasteiger partial charge on any atom is -0.330 e. The molecule has 0 radical (unpaired) electrons. The van der Waals surface area contributed by atoms with Gasteiger partial charge in [-0.25, -0.2) is 17.5 Å². The number of aromatic nitrogens is 2. The Kier molecular flexibility index (Phi) is 6.76. The molecule has 1 aliphatic heterocycles. The molecule has 0 aliphatic carbocycles. The maximum Gasteiger partial charge on any atom is 0.328 e. The third-order valence-corrected chi connectivity index (χ3v) is 6.96.